The van der Waals surface area contributed by atoms with E-state index in [-0.39, 0.29) is 0 Å². The third-order valence-electron chi connectivity index (χ3n) is 2.87. The van der Waals surface area contributed by atoms with E-state index >= 15 is 0 Å². The van der Waals surface area contributed by atoms with Crippen LogP contribution in [0.15, 0.2) is 47.8 Å². The molecule has 0 aliphatic rings. The Morgan fingerprint density at radius 3 is 2.26 bits per heavy atom. The fourth-order valence-electron chi connectivity index (χ4n) is 1.59. The summed E-state index contributed by atoms with van der Waals surface area (Å²) in [7, 11) is 0. The third-order valence-corrected chi connectivity index (χ3v) is 3.67. The number of aliphatic carboxylic acids is 2. The van der Waals surface area contributed by atoms with Crippen LogP contribution in [0.25, 0.3) is 0 Å². The van der Waals surface area contributed by atoms with E-state index in [1.54, 1.807) is 6.92 Å². The van der Waals surface area contributed by atoms with Gasteiger partial charge in [-0.3, -0.25) is 9.59 Å². The average molecular weight is 336 g/mol. The molecule has 0 radical (unpaired) electrons. The Bertz CT molecular complexity index is 602. The molecule has 2 unspecified atom stereocenters. The van der Waals surface area contributed by atoms with Crippen LogP contribution >= 0.6 is 11.3 Å². The molecule has 6 nitrogen and oxygen atoms in total. The van der Waals surface area contributed by atoms with E-state index < -0.39 is 24.0 Å². The largest absolute Gasteiger partial charge is 0.480 e. The van der Waals surface area contributed by atoms with Crippen LogP contribution in [0.5, 0.6) is 0 Å². The summed E-state index contributed by atoms with van der Waals surface area (Å²) >= 11 is 1.49. The highest BCUT2D eigenvalue weighted by Crippen LogP contribution is 2.15. The summed E-state index contributed by atoms with van der Waals surface area (Å²) in [4.78, 5) is 20.7. The zero-order chi connectivity index (χ0) is 17.2. The maximum absolute atomic E-state index is 10.4. The Labute approximate surface area is 138 Å². The standard InChI is InChI=1S/C9H11NO2.C7H9NO2S/c10-8(9(11)12)6-7-4-2-1-3-5-7;1-5(7(9)10)8-6-3-2-4-11-6/h1-5,8H,6,10H2,(H,11,12);2-5,8H,1H3,(H,9,10). The minimum Gasteiger partial charge on any atom is -0.480 e. The van der Waals surface area contributed by atoms with Crippen LogP contribution in [0.3, 0.4) is 0 Å². The summed E-state index contributed by atoms with van der Waals surface area (Å²) in [6.45, 7) is 1.61. The van der Waals surface area contributed by atoms with E-state index in [0.29, 0.717) is 6.42 Å². The van der Waals surface area contributed by atoms with Crippen LogP contribution in [0.1, 0.15) is 12.5 Å². The molecule has 124 valence electrons. The Balaban J connectivity index is 0.000000231. The van der Waals surface area contributed by atoms with E-state index in [1.165, 1.54) is 11.3 Å². The van der Waals surface area contributed by atoms with Crippen LogP contribution in [0.2, 0.25) is 0 Å². The normalized spacial score (nSPS) is 12.4. The second-order valence-electron chi connectivity index (χ2n) is 4.82. The fourth-order valence-corrected chi connectivity index (χ4v) is 2.30. The van der Waals surface area contributed by atoms with E-state index in [1.807, 2.05) is 47.8 Å². The Hall–Kier alpha value is -2.38. The minimum atomic E-state index is -0.959. The van der Waals surface area contributed by atoms with Crippen molar-refractivity contribution in [1.29, 1.82) is 0 Å². The van der Waals surface area contributed by atoms with Crippen molar-refractivity contribution in [1.82, 2.24) is 0 Å². The number of carbonyl (C=O) groups is 2. The molecule has 5 N–H and O–H groups in total. The minimum absolute atomic E-state index is 0.385. The first kappa shape index (κ1) is 18.7. The monoisotopic (exact) mass is 336 g/mol. The fraction of sp³-hybridized carbons (Fsp3) is 0.250. The highest BCUT2D eigenvalue weighted by Gasteiger charge is 2.11. The molecule has 7 heteroatoms. The van der Waals surface area contributed by atoms with Gasteiger partial charge in [-0.1, -0.05) is 30.3 Å². The number of carboxylic acids is 2. The van der Waals surface area contributed by atoms with E-state index in [0.717, 1.165) is 10.6 Å². The molecule has 0 bridgehead atoms. The molecule has 0 saturated heterocycles. The van der Waals surface area contributed by atoms with Crippen molar-refractivity contribution in [2.24, 2.45) is 5.73 Å². The number of thiophene rings is 1. The first-order chi connectivity index (χ1) is 10.9. The van der Waals surface area contributed by atoms with Crippen LogP contribution in [-0.2, 0) is 16.0 Å². The summed E-state index contributed by atoms with van der Waals surface area (Å²) < 4.78 is 0. The van der Waals surface area contributed by atoms with Gasteiger partial charge < -0.3 is 21.3 Å². The van der Waals surface area contributed by atoms with Gasteiger partial charge >= 0.3 is 11.9 Å². The van der Waals surface area contributed by atoms with Crippen LogP contribution in [0, 0.1) is 0 Å². The van der Waals surface area contributed by atoms with Gasteiger partial charge in [0.15, 0.2) is 0 Å². The van der Waals surface area contributed by atoms with Gasteiger partial charge in [0.05, 0.1) is 5.00 Å². The zero-order valence-corrected chi connectivity index (χ0v) is 13.5. The summed E-state index contributed by atoms with van der Waals surface area (Å²) in [5.41, 5.74) is 6.30. The number of rotatable bonds is 6. The molecular weight excluding hydrogens is 316 g/mol. The maximum atomic E-state index is 10.4. The van der Waals surface area contributed by atoms with Crippen molar-refractivity contribution in [2.45, 2.75) is 25.4 Å². The molecule has 2 rings (SSSR count). The molecule has 2 atom stereocenters. The van der Waals surface area contributed by atoms with Gasteiger partial charge in [-0.25, -0.2) is 0 Å². The second kappa shape index (κ2) is 9.60. The Kier molecular flexibility index (Phi) is 7.79. The van der Waals surface area contributed by atoms with Gasteiger partial charge in [-0.05, 0) is 36.4 Å². The number of carboxylic acid groups (broad SMARTS) is 2. The molecule has 2 aromatic rings. The molecule has 0 saturated carbocycles. The number of hydrogen-bond donors (Lipinski definition) is 4. The molecule has 0 spiro atoms. The van der Waals surface area contributed by atoms with Gasteiger partial charge in [0.25, 0.3) is 0 Å². The smallest absolute Gasteiger partial charge is 0.325 e. The topological polar surface area (TPSA) is 113 Å². The van der Waals surface area contributed by atoms with Crippen molar-refractivity contribution in [3.8, 4) is 0 Å². The lowest BCUT2D eigenvalue weighted by Gasteiger charge is -2.06. The van der Waals surface area contributed by atoms with Gasteiger partial charge in [0.2, 0.25) is 0 Å². The Morgan fingerprint density at radius 2 is 1.78 bits per heavy atom. The lowest BCUT2D eigenvalue weighted by Crippen LogP contribution is -2.32. The van der Waals surface area contributed by atoms with Gasteiger partial charge in [-0.2, -0.15) is 0 Å². The zero-order valence-electron chi connectivity index (χ0n) is 12.7. The lowest BCUT2D eigenvalue weighted by molar-refractivity contribution is -0.139. The number of hydrogen-bond acceptors (Lipinski definition) is 5. The summed E-state index contributed by atoms with van der Waals surface area (Å²) in [6, 6.07) is 11.8. The summed E-state index contributed by atoms with van der Waals surface area (Å²) in [6.07, 6.45) is 0.385. The first-order valence-electron chi connectivity index (χ1n) is 6.95. The quantitative estimate of drug-likeness (QED) is 0.644. The average Bonchev–Trinajstić information content (AvgIpc) is 3.01. The maximum Gasteiger partial charge on any atom is 0.325 e. The van der Waals surface area contributed by atoms with E-state index in [2.05, 4.69) is 5.32 Å². The van der Waals surface area contributed by atoms with Gasteiger partial charge in [0, 0.05) is 0 Å². The molecule has 0 aliphatic heterocycles. The third kappa shape index (κ3) is 7.44. The lowest BCUT2D eigenvalue weighted by atomic mass is 10.1. The number of anilines is 1. The molecule has 1 heterocycles. The van der Waals surface area contributed by atoms with Gasteiger partial charge in [-0.15, -0.1) is 11.3 Å². The second-order valence-corrected chi connectivity index (χ2v) is 5.76. The first-order valence-corrected chi connectivity index (χ1v) is 7.83. The van der Waals surface area contributed by atoms with Crippen molar-refractivity contribution in [2.75, 3.05) is 5.32 Å². The molecular formula is C16H20N2O4S. The highest BCUT2D eigenvalue weighted by atomic mass is 32.1. The summed E-state index contributed by atoms with van der Waals surface area (Å²) in [5, 5.41) is 22.7. The van der Waals surface area contributed by atoms with Crippen molar-refractivity contribution in [3.05, 3.63) is 53.4 Å². The predicted octanol–water partition coefficient (Wildman–Crippen LogP) is 2.27. The molecule has 1 aromatic carbocycles. The molecule has 0 fully saturated rings. The highest BCUT2D eigenvalue weighted by molar-refractivity contribution is 7.14. The van der Waals surface area contributed by atoms with Crippen LogP contribution in [0.4, 0.5) is 5.00 Å². The molecule has 23 heavy (non-hydrogen) atoms. The van der Waals surface area contributed by atoms with E-state index in [4.69, 9.17) is 15.9 Å². The molecule has 0 aliphatic carbocycles. The molecule has 1 aromatic heterocycles. The van der Waals surface area contributed by atoms with Crippen LogP contribution in [-0.4, -0.2) is 34.2 Å². The van der Waals surface area contributed by atoms with Crippen molar-refractivity contribution >= 4 is 28.3 Å². The SMILES string of the molecule is CC(Nc1cccs1)C(=O)O.NC(Cc1ccccc1)C(=O)O. The van der Waals surface area contributed by atoms with Crippen molar-refractivity contribution in [3.63, 3.8) is 0 Å². The number of nitrogens with two attached hydrogens (primary N) is 1. The van der Waals surface area contributed by atoms with Crippen LogP contribution < -0.4 is 11.1 Å². The number of benzene rings is 1. The van der Waals surface area contributed by atoms with Gasteiger partial charge in [0.1, 0.15) is 12.1 Å². The Morgan fingerprint density at radius 1 is 1.13 bits per heavy atom. The van der Waals surface area contributed by atoms with Crippen molar-refractivity contribution < 1.29 is 19.8 Å². The number of nitrogens with one attached hydrogen (secondary N) is 1. The molecule has 0 amide bonds. The summed E-state index contributed by atoms with van der Waals surface area (Å²) in [5.74, 6) is -1.79. The predicted molar refractivity (Wildman–Crippen MR) is 90.8 cm³/mol. The van der Waals surface area contributed by atoms with E-state index in [9.17, 15) is 9.59 Å².